The normalized spacial score (nSPS) is 12.0. The molecule has 0 aliphatic carbocycles. The molecular formula is C95H60F6IN9O14. The van der Waals surface area contributed by atoms with Gasteiger partial charge in [-0.1, -0.05) is 18.2 Å². The molecule has 0 bridgehead atoms. The van der Waals surface area contributed by atoms with Gasteiger partial charge in [0, 0.05) is 90.4 Å². The Balaban J connectivity index is 0.000000126. The second-order valence-corrected chi connectivity index (χ2v) is 29.8. The second kappa shape index (κ2) is 32.5. The molecule has 30 heteroatoms. The van der Waals surface area contributed by atoms with Crippen LogP contribution in [0.25, 0.3) is 168 Å². The van der Waals surface area contributed by atoms with E-state index in [1.807, 2.05) is 44.0 Å². The zero-order chi connectivity index (χ0) is 87.1. The van der Waals surface area contributed by atoms with Crippen molar-refractivity contribution in [1.29, 1.82) is 0 Å². The summed E-state index contributed by atoms with van der Waals surface area (Å²) in [6, 6.07) is 57.5. The molecule has 618 valence electrons. The fourth-order valence-corrected chi connectivity index (χ4v) is 16.6. The minimum absolute atomic E-state index is 0.156. The van der Waals surface area contributed by atoms with Crippen LogP contribution in [0.2, 0.25) is 0 Å². The molecule has 18 aromatic rings. The number of pyridine rings is 3. The molecule has 0 unspecified atom stereocenters. The minimum atomic E-state index is -0.639. The van der Waals surface area contributed by atoms with Crippen molar-refractivity contribution >= 4 is 118 Å². The predicted octanol–water partition coefficient (Wildman–Crippen LogP) is 20.5. The molecule has 12 heterocycles. The number of halogens is 7. The molecule has 0 fully saturated rings. The number of ether oxygens (including phenoxy) is 5. The van der Waals surface area contributed by atoms with Crippen LogP contribution in [0.15, 0.2) is 232 Å². The van der Waals surface area contributed by atoms with E-state index < -0.39 is 35.4 Å². The van der Waals surface area contributed by atoms with Crippen molar-refractivity contribution in [2.75, 3.05) is 35.4 Å². The van der Waals surface area contributed by atoms with Crippen LogP contribution in [-0.4, -0.2) is 93.7 Å². The van der Waals surface area contributed by atoms with E-state index >= 15 is 0 Å². The fraction of sp³-hybridized carbons (Fsp3) is 0.0842. The van der Waals surface area contributed by atoms with Crippen LogP contribution in [0.4, 0.5) is 26.3 Å². The summed E-state index contributed by atoms with van der Waals surface area (Å²) in [6.07, 6.45) is 0. The Bertz CT molecular complexity index is 7280. The van der Waals surface area contributed by atoms with E-state index in [0.29, 0.717) is 151 Å². The van der Waals surface area contributed by atoms with Gasteiger partial charge in [0.1, 0.15) is 103 Å². The average Bonchev–Trinajstić information content (AvgIpc) is 1.63. The van der Waals surface area contributed by atoms with E-state index in [1.54, 1.807) is 104 Å². The number of hydrogen-bond donors (Lipinski definition) is 3. The van der Waals surface area contributed by atoms with Gasteiger partial charge in [-0.2, -0.15) is 0 Å². The summed E-state index contributed by atoms with van der Waals surface area (Å²) in [5.74, 6) is -2.31. The molecule has 3 aliphatic heterocycles. The number of furan rings is 3. The molecule has 3 aliphatic rings. The summed E-state index contributed by atoms with van der Waals surface area (Å²) in [5, 5.41) is 10.8. The van der Waals surface area contributed by atoms with Gasteiger partial charge in [0.2, 0.25) is 0 Å². The molecule has 23 nitrogen and oxygen atoms in total. The van der Waals surface area contributed by atoms with Crippen LogP contribution in [-0.2, 0) is 34.3 Å². The van der Waals surface area contributed by atoms with Gasteiger partial charge in [0.25, 0.3) is 17.7 Å². The summed E-state index contributed by atoms with van der Waals surface area (Å²) < 4.78 is 145. The van der Waals surface area contributed by atoms with Gasteiger partial charge in [-0.15, -0.1) is 0 Å². The van der Waals surface area contributed by atoms with Crippen molar-refractivity contribution in [3.05, 3.63) is 291 Å². The number of nitrogens with one attached hydrogen (secondary N) is 3. The van der Waals surface area contributed by atoms with E-state index in [9.17, 15) is 50.3 Å². The summed E-state index contributed by atoms with van der Waals surface area (Å²) in [5.41, 5.74) is 12.4. The topological polar surface area (TPSA) is 280 Å². The number of methoxy groups -OCH3 is 2. The van der Waals surface area contributed by atoms with Gasteiger partial charge < -0.3 is 66.6 Å². The van der Waals surface area contributed by atoms with Crippen molar-refractivity contribution in [3.63, 3.8) is 0 Å². The van der Waals surface area contributed by atoms with E-state index in [-0.39, 0.29) is 94.3 Å². The van der Waals surface area contributed by atoms with E-state index in [2.05, 4.69) is 45.2 Å². The quantitative estimate of drug-likeness (QED) is 0.0357. The molecule has 0 atom stereocenters. The van der Waals surface area contributed by atoms with Gasteiger partial charge >= 0.3 is 23.2 Å². The Hall–Kier alpha value is -15.5. The molecule has 0 radical (unpaired) electrons. The molecule has 0 saturated carbocycles. The van der Waals surface area contributed by atoms with Crippen LogP contribution < -0.4 is 30.2 Å². The van der Waals surface area contributed by atoms with E-state index in [4.69, 9.17) is 56.5 Å². The Labute approximate surface area is 716 Å². The number of benzene rings is 9. The summed E-state index contributed by atoms with van der Waals surface area (Å²) in [7, 11) is 7.06. The van der Waals surface area contributed by atoms with Gasteiger partial charge in [0.15, 0.2) is 20.2 Å². The zero-order valence-corrected chi connectivity index (χ0v) is 68.1. The van der Waals surface area contributed by atoms with Crippen molar-refractivity contribution in [2.24, 2.45) is 0 Å². The monoisotopic (exact) mass is 1790 g/mol. The first-order valence-corrected chi connectivity index (χ1v) is 39.3. The van der Waals surface area contributed by atoms with Gasteiger partial charge in [-0.3, -0.25) is 14.4 Å². The first-order chi connectivity index (χ1) is 60.7. The number of hydrogen-bond acceptors (Lipinski definition) is 16. The summed E-state index contributed by atoms with van der Waals surface area (Å²) >= 11 is 2.21. The number of amides is 3. The maximum atomic E-state index is 14.6. The number of fused-ring (bicyclic) bond motifs is 18. The molecule has 3 amide bonds. The molecule has 9 aromatic heterocycles. The molecule has 9 aromatic carbocycles. The zero-order valence-electron chi connectivity index (χ0n) is 66.0. The molecule has 21 rings (SSSR count). The van der Waals surface area contributed by atoms with Crippen LogP contribution in [0, 0.1) is 45.1 Å². The number of nitrogens with zero attached hydrogens (tertiary/aromatic N) is 6. The maximum absolute atomic E-state index is 14.6. The number of esters is 2. The SMILES string of the molecule is CNC(=O)c1c(-c2ccc(F)cc2)oc2cc(C(=O)OC)c(-c3ccc4c(n3)-c3cc5c(F)cccc5n3CO4)cc12.CNC(=O)c1c(-c2ccc(F)cc2)oc2cc(C(=O)OC)c(-c3ccc4c(n3)-c3cc5c(F)cccc5n3CO4)cc12.CNC(=O)c1c(-c2ccc(F)cc2)oc2cc(I)c(-c3ccc4c(n3)-c3cc5c(F)cccc5n3CO4)cc12.[C-]#[O+]. The Morgan fingerprint density at radius 3 is 0.984 bits per heavy atom. The van der Waals surface area contributed by atoms with E-state index in [1.165, 1.54) is 119 Å². The fourth-order valence-electron chi connectivity index (χ4n) is 15.9. The third-order valence-electron chi connectivity index (χ3n) is 21.8. The number of carbonyl (C=O) groups excluding carboxylic acids is 5. The molecule has 0 spiro atoms. The van der Waals surface area contributed by atoms with Crippen LogP contribution in [0.5, 0.6) is 17.2 Å². The van der Waals surface area contributed by atoms with Crippen LogP contribution >= 0.6 is 22.6 Å². The van der Waals surface area contributed by atoms with Crippen molar-refractivity contribution in [3.8, 4) is 119 Å². The Morgan fingerprint density at radius 1 is 0.384 bits per heavy atom. The Morgan fingerprint density at radius 2 is 0.680 bits per heavy atom. The van der Waals surface area contributed by atoms with Crippen molar-refractivity contribution in [1.82, 2.24) is 44.6 Å². The van der Waals surface area contributed by atoms with Crippen molar-refractivity contribution in [2.45, 2.75) is 20.2 Å². The Kier molecular flexibility index (Phi) is 20.9. The molecular weight excluding hydrogens is 1730 g/mol. The van der Waals surface area contributed by atoms with Gasteiger partial charge in [-0.25, -0.2) is 50.9 Å². The third kappa shape index (κ3) is 14.0. The van der Waals surface area contributed by atoms with Gasteiger partial charge in [-0.05, 0) is 223 Å². The summed E-state index contributed by atoms with van der Waals surface area (Å²) in [4.78, 5) is 79.9. The molecule has 125 heavy (non-hydrogen) atoms. The summed E-state index contributed by atoms with van der Waals surface area (Å²) in [6.45, 7) is 5.13. The average molecular weight is 1790 g/mol. The number of carbonyl (C=O) groups is 5. The van der Waals surface area contributed by atoms with Gasteiger partial charge in [0.05, 0.1) is 92.8 Å². The van der Waals surface area contributed by atoms with Crippen LogP contribution in [0.1, 0.15) is 51.8 Å². The number of rotatable bonds is 11. The molecule has 3 N–H and O–H groups in total. The van der Waals surface area contributed by atoms with Crippen molar-refractivity contribution < 1.29 is 91.9 Å². The van der Waals surface area contributed by atoms with E-state index in [0.717, 1.165) is 20.3 Å². The standard InChI is InChI=1S/2C32H21F2N3O5.C30H18F2IN3O3.CO/c2*1-35-31(38)28-21-12-18(19(32(39)40-2)14-27(21)42-30(28)16-6-8-17(33)9-7-16)23-10-11-26-29(36-23)25-13-20-22(34)4-3-5-24(20)37(25)15-41-26;1-34-30(37)27-19-11-18(21(33)13-26(19)39-29(27)15-5-7-16(31)8-6-15)22-9-10-25-28(35-22)24-12-17-20(32)3-2-4-23(17)36(24)14-38-25;1-2/h2*3-14H,15H2,1-2H3,(H,35,38);2-13H,14H2,1H3,(H,34,37);. The predicted molar refractivity (Wildman–Crippen MR) is 459 cm³/mol. The first-order valence-electron chi connectivity index (χ1n) is 38.2. The third-order valence-corrected chi connectivity index (χ3v) is 22.7. The van der Waals surface area contributed by atoms with Crippen LogP contribution in [0.3, 0.4) is 0 Å². The second-order valence-electron chi connectivity index (χ2n) is 28.6. The number of aromatic nitrogens is 6. The molecule has 0 saturated heterocycles. The first kappa shape index (κ1) is 80.5.